The molecule has 0 fully saturated rings. The standard InChI is InChI=1S/C19H15N7O4/c1-2-30-19(27)12-7-9-13(10-8-12)22-17-16(26(28)29)18(21-11-20-17)25-15-6-4-3-5-14(15)23-24-25/h3-11H,2H2,1H3,(H,20,21,22). The Balaban J connectivity index is 1.72. The summed E-state index contributed by atoms with van der Waals surface area (Å²) in [5.41, 5.74) is 1.66. The summed E-state index contributed by atoms with van der Waals surface area (Å²) in [5.74, 6) is -0.486. The number of hydrogen-bond acceptors (Lipinski definition) is 9. The van der Waals surface area contributed by atoms with E-state index in [1.54, 1.807) is 55.5 Å². The number of hydrogen-bond donors (Lipinski definition) is 1. The van der Waals surface area contributed by atoms with E-state index in [1.807, 2.05) is 0 Å². The number of carbonyl (C=O) groups excluding carboxylic acids is 1. The molecule has 0 saturated carbocycles. The first-order valence-corrected chi connectivity index (χ1v) is 8.93. The Hall–Kier alpha value is -4.41. The fraction of sp³-hybridized carbons (Fsp3) is 0.105. The summed E-state index contributed by atoms with van der Waals surface area (Å²) < 4.78 is 6.24. The molecule has 0 unspecified atom stereocenters. The SMILES string of the molecule is CCOC(=O)c1ccc(Nc2ncnc(-n3nnc4ccccc43)c2[N+](=O)[O-])cc1. The van der Waals surface area contributed by atoms with E-state index in [4.69, 9.17) is 4.74 Å². The maximum Gasteiger partial charge on any atom is 0.356 e. The summed E-state index contributed by atoms with van der Waals surface area (Å²) in [6, 6.07) is 13.4. The van der Waals surface area contributed by atoms with Gasteiger partial charge in [0, 0.05) is 5.69 Å². The average Bonchev–Trinajstić information content (AvgIpc) is 3.18. The van der Waals surface area contributed by atoms with Crippen LogP contribution >= 0.6 is 0 Å². The van der Waals surface area contributed by atoms with Crippen LogP contribution in [-0.4, -0.2) is 42.5 Å². The van der Waals surface area contributed by atoms with Crippen molar-refractivity contribution >= 4 is 34.2 Å². The number of benzene rings is 2. The highest BCUT2D eigenvalue weighted by atomic mass is 16.6. The predicted molar refractivity (Wildman–Crippen MR) is 107 cm³/mol. The Morgan fingerprint density at radius 1 is 1.17 bits per heavy atom. The summed E-state index contributed by atoms with van der Waals surface area (Å²) in [7, 11) is 0. The molecule has 0 aliphatic heterocycles. The normalized spacial score (nSPS) is 10.7. The molecule has 1 N–H and O–H groups in total. The number of aromatic nitrogens is 5. The van der Waals surface area contributed by atoms with E-state index in [0.717, 1.165) is 0 Å². The van der Waals surface area contributed by atoms with Crippen LogP contribution in [0.2, 0.25) is 0 Å². The number of anilines is 2. The number of nitro groups is 1. The number of esters is 1. The minimum absolute atomic E-state index is 0.0191. The minimum atomic E-state index is -0.582. The summed E-state index contributed by atoms with van der Waals surface area (Å²) in [6.07, 6.45) is 1.20. The first-order valence-electron chi connectivity index (χ1n) is 8.93. The molecular formula is C19H15N7O4. The third-order valence-electron chi connectivity index (χ3n) is 4.20. The molecular weight excluding hydrogens is 390 g/mol. The van der Waals surface area contributed by atoms with Crippen molar-refractivity contribution < 1.29 is 14.5 Å². The van der Waals surface area contributed by atoms with Crippen molar-refractivity contribution in [2.75, 3.05) is 11.9 Å². The van der Waals surface area contributed by atoms with Crippen LogP contribution in [0.1, 0.15) is 17.3 Å². The van der Waals surface area contributed by atoms with E-state index in [2.05, 4.69) is 25.6 Å². The van der Waals surface area contributed by atoms with Crippen LogP contribution in [0.4, 0.5) is 17.2 Å². The van der Waals surface area contributed by atoms with Crippen LogP contribution in [0.25, 0.3) is 16.9 Å². The Kier molecular flexibility index (Phi) is 4.99. The zero-order valence-electron chi connectivity index (χ0n) is 15.7. The van der Waals surface area contributed by atoms with Crippen LogP contribution < -0.4 is 5.32 Å². The molecule has 0 saturated heterocycles. The molecule has 0 aliphatic rings. The van der Waals surface area contributed by atoms with Gasteiger partial charge in [-0.1, -0.05) is 17.3 Å². The van der Waals surface area contributed by atoms with Crippen molar-refractivity contribution in [3.8, 4) is 5.82 Å². The second-order valence-corrected chi connectivity index (χ2v) is 6.06. The fourth-order valence-corrected chi connectivity index (χ4v) is 2.85. The van der Waals surface area contributed by atoms with Crippen LogP contribution in [-0.2, 0) is 4.74 Å². The van der Waals surface area contributed by atoms with Gasteiger partial charge in [0.1, 0.15) is 11.8 Å². The highest BCUT2D eigenvalue weighted by Crippen LogP contribution is 2.31. The number of ether oxygens (including phenoxy) is 1. The molecule has 2 aromatic carbocycles. The van der Waals surface area contributed by atoms with Gasteiger partial charge in [0.2, 0.25) is 11.6 Å². The van der Waals surface area contributed by atoms with Gasteiger partial charge in [-0.05, 0) is 43.3 Å². The summed E-state index contributed by atoms with van der Waals surface area (Å²) >= 11 is 0. The summed E-state index contributed by atoms with van der Waals surface area (Å²) in [5, 5.41) is 22.8. The maximum absolute atomic E-state index is 11.8. The Labute approximate surface area is 169 Å². The highest BCUT2D eigenvalue weighted by Gasteiger charge is 2.26. The van der Waals surface area contributed by atoms with Gasteiger partial charge in [0.05, 0.1) is 22.6 Å². The van der Waals surface area contributed by atoms with Gasteiger partial charge in [-0.25, -0.2) is 14.8 Å². The molecule has 150 valence electrons. The van der Waals surface area contributed by atoms with E-state index in [0.29, 0.717) is 22.3 Å². The molecule has 0 bridgehead atoms. The van der Waals surface area contributed by atoms with Crippen LogP contribution in [0, 0.1) is 10.1 Å². The number of fused-ring (bicyclic) bond motifs is 1. The molecule has 30 heavy (non-hydrogen) atoms. The molecule has 0 amide bonds. The van der Waals surface area contributed by atoms with E-state index in [1.165, 1.54) is 11.0 Å². The van der Waals surface area contributed by atoms with E-state index < -0.39 is 10.9 Å². The average molecular weight is 405 g/mol. The van der Waals surface area contributed by atoms with Crippen molar-refractivity contribution in [3.63, 3.8) is 0 Å². The van der Waals surface area contributed by atoms with Gasteiger partial charge < -0.3 is 10.1 Å². The van der Waals surface area contributed by atoms with Crippen molar-refractivity contribution in [3.05, 3.63) is 70.5 Å². The van der Waals surface area contributed by atoms with Gasteiger partial charge >= 0.3 is 11.7 Å². The lowest BCUT2D eigenvalue weighted by Crippen LogP contribution is -2.09. The first kappa shape index (κ1) is 18.9. The summed E-state index contributed by atoms with van der Waals surface area (Å²) in [6.45, 7) is 1.99. The number of rotatable bonds is 6. The van der Waals surface area contributed by atoms with Crippen LogP contribution in [0.5, 0.6) is 0 Å². The van der Waals surface area contributed by atoms with Crippen molar-refractivity contribution in [1.82, 2.24) is 25.0 Å². The second-order valence-electron chi connectivity index (χ2n) is 6.06. The zero-order chi connectivity index (χ0) is 21.1. The van der Waals surface area contributed by atoms with Gasteiger partial charge in [0.25, 0.3) is 0 Å². The Bertz CT molecular complexity index is 1240. The first-order chi connectivity index (χ1) is 14.6. The van der Waals surface area contributed by atoms with Crippen molar-refractivity contribution in [2.45, 2.75) is 6.92 Å². The van der Waals surface area contributed by atoms with E-state index in [-0.39, 0.29) is 23.9 Å². The lowest BCUT2D eigenvalue weighted by Gasteiger charge is -2.09. The van der Waals surface area contributed by atoms with Crippen LogP contribution in [0.3, 0.4) is 0 Å². The molecule has 0 aliphatic carbocycles. The molecule has 0 atom stereocenters. The monoisotopic (exact) mass is 405 g/mol. The number of nitrogens with zero attached hydrogens (tertiary/aromatic N) is 6. The topological polar surface area (TPSA) is 138 Å². The van der Waals surface area contributed by atoms with Gasteiger partial charge in [-0.15, -0.1) is 5.10 Å². The molecule has 2 aromatic heterocycles. The van der Waals surface area contributed by atoms with Crippen molar-refractivity contribution in [1.29, 1.82) is 0 Å². The molecule has 11 heteroatoms. The lowest BCUT2D eigenvalue weighted by atomic mass is 10.2. The second kappa shape index (κ2) is 7.91. The quantitative estimate of drug-likeness (QED) is 0.291. The van der Waals surface area contributed by atoms with Gasteiger partial charge in [-0.3, -0.25) is 10.1 Å². The van der Waals surface area contributed by atoms with E-state index >= 15 is 0 Å². The molecule has 0 spiro atoms. The number of nitrogens with one attached hydrogen (secondary N) is 1. The smallest absolute Gasteiger partial charge is 0.356 e. The molecule has 11 nitrogen and oxygen atoms in total. The number of carbonyl (C=O) groups is 1. The Morgan fingerprint density at radius 3 is 2.67 bits per heavy atom. The Morgan fingerprint density at radius 2 is 1.93 bits per heavy atom. The van der Waals surface area contributed by atoms with Gasteiger partial charge in [0.15, 0.2) is 0 Å². The minimum Gasteiger partial charge on any atom is -0.462 e. The third kappa shape index (κ3) is 3.51. The van der Waals surface area contributed by atoms with E-state index in [9.17, 15) is 14.9 Å². The zero-order valence-corrected chi connectivity index (χ0v) is 15.7. The molecule has 4 aromatic rings. The molecule has 2 heterocycles. The molecule has 0 radical (unpaired) electrons. The fourth-order valence-electron chi connectivity index (χ4n) is 2.85. The lowest BCUT2D eigenvalue weighted by molar-refractivity contribution is -0.384. The van der Waals surface area contributed by atoms with Crippen molar-refractivity contribution in [2.24, 2.45) is 0 Å². The van der Waals surface area contributed by atoms with Gasteiger partial charge in [-0.2, -0.15) is 4.68 Å². The van der Waals surface area contributed by atoms with Crippen LogP contribution in [0.15, 0.2) is 54.9 Å². The maximum atomic E-state index is 11.8. The number of para-hydroxylation sites is 1. The largest absolute Gasteiger partial charge is 0.462 e. The summed E-state index contributed by atoms with van der Waals surface area (Å²) in [4.78, 5) is 31.1. The predicted octanol–water partition coefficient (Wildman–Crippen LogP) is 3.04. The molecule has 4 rings (SSSR count). The third-order valence-corrected chi connectivity index (χ3v) is 4.20. The highest BCUT2D eigenvalue weighted by molar-refractivity contribution is 5.90.